The van der Waals surface area contributed by atoms with Crippen molar-refractivity contribution >= 4 is 27.2 Å². The van der Waals surface area contributed by atoms with Gasteiger partial charge in [-0.05, 0) is 12.5 Å². The molecule has 1 aromatic carbocycles. The van der Waals surface area contributed by atoms with E-state index in [0.717, 1.165) is 34.4 Å². The lowest BCUT2D eigenvalue weighted by molar-refractivity contribution is 0.0991. The Kier molecular flexibility index (Phi) is 3.60. The second-order valence-electron chi connectivity index (χ2n) is 4.64. The molecule has 4 nitrogen and oxygen atoms in total. The number of aryl methyl sites for hydroxylation is 1. The van der Waals surface area contributed by atoms with Gasteiger partial charge in [0.25, 0.3) is 0 Å². The number of fused-ring (bicyclic) bond motifs is 1. The minimum atomic E-state index is 0.104. The Bertz CT molecular complexity index is 744. The third-order valence-corrected chi connectivity index (χ3v) is 4.19. The molecule has 0 radical (unpaired) electrons. The maximum absolute atomic E-state index is 12.5. The average molecular weight is 285 g/mol. The van der Waals surface area contributed by atoms with E-state index in [1.54, 1.807) is 11.3 Å². The van der Waals surface area contributed by atoms with E-state index < -0.39 is 0 Å². The third-order valence-electron chi connectivity index (χ3n) is 3.23. The number of ketones is 1. The number of hydrogen-bond acceptors (Lipinski definition) is 4. The Morgan fingerprint density at radius 1 is 1.35 bits per heavy atom. The topological polar surface area (TPSA) is 47.8 Å². The summed E-state index contributed by atoms with van der Waals surface area (Å²) < 4.78 is 2.96. The van der Waals surface area contributed by atoms with Crippen molar-refractivity contribution < 1.29 is 4.79 Å². The maximum atomic E-state index is 12.5. The van der Waals surface area contributed by atoms with E-state index in [9.17, 15) is 4.79 Å². The van der Waals surface area contributed by atoms with Crippen LogP contribution in [0.4, 0.5) is 0 Å². The van der Waals surface area contributed by atoms with E-state index in [-0.39, 0.29) is 5.78 Å². The number of thiophene rings is 1. The monoisotopic (exact) mass is 285 g/mol. The molecule has 3 aromatic rings. The van der Waals surface area contributed by atoms with Gasteiger partial charge in [0.15, 0.2) is 5.78 Å². The molecule has 0 saturated carbocycles. The lowest BCUT2D eigenvalue weighted by Gasteiger charge is -2.03. The molecule has 2 aromatic heterocycles. The van der Waals surface area contributed by atoms with Gasteiger partial charge in [-0.15, -0.1) is 11.3 Å². The Morgan fingerprint density at radius 2 is 2.20 bits per heavy atom. The molecule has 0 spiro atoms. The maximum Gasteiger partial charge on any atom is 0.171 e. The molecular weight excluding hydrogens is 270 g/mol. The largest absolute Gasteiger partial charge is 0.294 e. The van der Waals surface area contributed by atoms with Gasteiger partial charge in [-0.25, -0.2) is 9.67 Å². The van der Waals surface area contributed by atoms with Gasteiger partial charge in [-0.3, -0.25) is 4.79 Å². The van der Waals surface area contributed by atoms with E-state index in [2.05, 4.69) is 17.0 Å². The number of carbonyl (C=O) groups is 1. The minimum absolute atomic E-state index is 0.104. The van der Waals surface area contributed by atoms with Crippen molar-refractivity contribution in [2.24, 2.45) is 0 Å². The van der Waals surface area contributed by atoms with Crippen molar-refractivity contribution in [1.29, 1.82) is 0 Å². The lowest BCUT2D eigenvalue weighted by atomic mass is 10.1. The fraction of sp³-hybridized carbons (Fsp3) is 0.267. The van der Waals surface area contributed by atoms with Crippen molar-refractivity contribution in [3.8, 4) is 0 Å². The van der Waals surface area contributed by atoms with Gasteiger partial charge >= 0.3 is 0 Å². The van der Waals surface area contributed by atoms with E-state index in [1.807, 2.05) is 34.3 Å². The highest BCUT2D eigenvalue weighted by Gasteiger charge is 2.15. The predicted molar refractivity (Wildman–Crippen MR) is 80.2 cm³/mol. The van der Waals surface area contributed by atoms with Gasteiger partial charge in [-0.2, -0.15) is 5.10 Å². The number of rotatable bonds is 5. The lowest BCUT2D eigenvalue weighted by Crippen LogP contribution is -2.11. The van der Waals surface area contributed by atoms with Crippen LogP contribution < -0.4 is 0 Å². The zero-order valence-corrected chi connectivity index (χ0v) is 12.1. The van der Waals surface area contributed by atoms with Gasteiger partial charge in [0.05, 0.1) is 6.42 Å². The highest BCUT2D eigenvalue weighted by molar-refractivity contribution is 7.17. The molecule has 0 fully saturated rings. The number of aromatic nitrogens is 3. The van der Waals surface area contributed by atoms with Crippen molar-refractivity contribution in [1.82, 2.24) is 14.8 Å². The molecule has 0 aliphatic heterocycles. The molecule has 0 atom stereocenters. The number of nitrogens with zero attached hydrogens (tertiary/aromatic N) is 3. The molecule has 0 N–H and O–H groups in total. The van der Waals surface area contributed by atoms with Crippen LogP contribution in [0, 0.1) is 0 Å². The molecule has 0 saturated heterocycles. The Balaban J connectivity index is 1.87. The first-order valence-corrected chi connectivity index (χ1v) is 7.53. The fourth-order valence-electron chi connectivity index (χ4n) is 2.26. The van der Waals surface area contributed by atoms with Gasteiger partial charge in [0.2, 0.25) is 0 Å². The first kappa shape index (κ1) is 13.0. The SMILES string of the molecule is CCCn1ncnc1CC(=O)c1csc2ccccc12. The summed E-state index contributed by atoms with van der Waals surface area (Å²) in [6, 6.07) is 7.99. The molecule has 0 unspecified atom stereocenters. The van der Waals surface area contributed by atoms with Gasteiger partial charge in [-0.1, -0.05) is 25.1 Å². The van der Waals surface area contributed by atoms with Crippen LogP contribution >= 0.6 is 11.3 Å². The van der Waals surface area contributed by atoms with Crippen molar-refractivity contribution in [2.75, 3.05) is 0 Å². The minimum Gasteiger partial charge on any atom is -0.294 e. The molecule has 0 aliphatic rings. The summed E-state index contributed by atoms with van der Waals surface area (Å²) in [6.07, 6.45) is 2.80. The highest BCUT2D eigenvalue weighted by atomic mass is 32.1. The van der Waals surface area contributed by atoms with Crippen LogP contribution in [0.15, 0.2) is 36.0 Å². The molecule has 102 valence electrons. The van der Waals surface area contributed by atoms with Gasteiger partial charge in [0, 0.05) is 27.6 Å². The van der Waals surface area contributed by atoms with Gasteiger partial charge < -0.3 is 0 Å². The number of hydrogen-bond donors (Lipinski definition) is 0. The normalized spacial score (nSPS) is 11.1. The summed E-state index contributed by atoms with van der Waals surface area (Å²) in [4.78, 5) is 16.7. The highest BCUT2D eigenvalue weighted by Crippen LogP contribution is 2.26. The predicted octanol–water partition coefficient (Wildman–Crippen LogP) is 3.33. The summed E-state index contributed by atoms with van der Waals surface area (Å²) in [6.45, 7) is 2.88. The van der Waals surface area contributed by atoms with E-state index in [1.165, 1.54) is 6.33 Å². The smallest absolute Gasteiger partial charge is 0.171 e. The fourth-order valence-corrected chi connectivity index (χ4v) is 3.22. The second kappa shape index (κ2) is 5.54. The summed E-state index contributed by atoms with van der Waals surface area (Å²) in [7, 11) is 0. The first-order chi connectivity index (χ1) is 9.79. The van der Waals surface area contributed by atoms with Crippen molar-refractivity contribution in [2.45, 2.75) is 26.3 Å². The van der Waals surface area contributed by atoms with E-state index in [0.29, 0.717) is 6.42 Å². The molecule has 0 aliphatic carbocycles. The van der Waals surface area contributed by atoms with Crippen LogP contribution in [0.25, 0.3) is 10.1 Å². The second-order valence-corrected chi connectivity index (χ2v) is 5.56. The molecule has 2 heterocycles. The molecule has 0 bridgehead atoms. The van der Waals surface area contributed by atoms with E-state index >= 15 is 0 Å². The van der Waals surface area contributed by atoms with Gasteiger partial charge in [0.1, 0.15) is 12.2 Å². The van der Waals surface area contributed by atoms with Crippen LogP contribution in [0.3, 0.4) is 0 Å². The Morgan fingerprint density at radius 3 is 3.05 bits per heavy atom. The van der Waals surface area contributed by atoms with E-state index in [4.69, 9.17) is 0 Å². The summed E-state index contributed by atoms with van der Waals surface area (Å²) >= 11 is 1.61. The summed E-state index contributed by atoms with van der Waals surface area (Å²) in [5.74, 6) is 0.847. The van der Waals surface area contributed by atoms with Crippen LogP contribution in [-0.4, -0.2) is 20.5 Å². The number of benzene rings is 1. The van der Waals surface area contributed by atoms with Crippen LogP contribution in [0.1, 0.15) is 29.5 Å². The molecule has 3 rings (SSSR count). The molecule has 0 amide bonds. The van der Waals surface area contributed by atoms with Crippen molar-refractivity contribution in [3.05, 3.63) is 47.4 Å². The number of carbonyl (C=O) groups excluding carboxylic acids is 1. The van der Waals surface area contributed by atoms with Crippen LogP contribution in [-0.2, 0) is 13.0 Å². The Labute approximate surface area is 121 Å². The molecule has 5 heteroatoms. The molecule has 20 heavy (non-hydrogen) atoms. The average Bonchev–Trinajstić information content (AvgIpc) is 3.06. The van der Waals surface area contributed by atoms with Crippen molar-refractivity contribution in [3.63, 3.8) is 0 Å². The first-order valence-electron chi connectivity index (χ1n) is 6.65. The zero-order valence-electron chi connectivity index (χ0n) is 11.2. The standard InChI is InChI=1S/C15H15N3OS/c1-2-7-18-15(16-10-17-18)8-13(19)12-9-20-14-6-4-3-5-11(12)14/h3-6,9-10H,2,7-8H2,1H3. The van der Waals surface area contributed by atoms with Crippen LogP contribution in [0.5, 0.6) is 0 Å². The Hall–Kier alpha value is -2.01. The molecular formula is C15H15N3OS. The zero-order chi connectivity index (χ0) is 13.9. The van der Waals surface area contributed by atoms with Crippen LogP contribution in [0.2, 0.25) is 0 Å². The number of Topliss-reactive ketones (excluding diaryl/α,β-unsaturated/α-hetero) is 1. The summed E-state index contributed by atoms with van der Waals surface area (Å²) in [5.41, 5.74) is 0.789. The third kappa shape index (κ3) is 2.36. The summed E-state index contributed by atoms with van der Waals surface area (Å²) in [5, 5.41) is 7.13. The quantitative estimate of drug-likeness (QED) is 0.676.